The quantitative estimate of drug-likeness (QED) is 0.410. The van der Waals surface area contributed by atoms with Gasteiger partial charge in [0.15, 0.2) is 22.5 Å². The fraction of sp³-hybridized carbons (Fsp3) is 0.360. The van der Waals surface area contributed by atoms with Gasteiger partial charge in [-0.05, 0) is 23.1 Å². The number of fused-ring (bicyclic) bond motifs is 1. The molecule has 0 aliphatic carbocycles. The van der Waals surface area contributed by atoms with Crippen molar-refractivity contribution in [2.45, 2.75) is 27.2 Å². The number of halogens is 2. The van der Waals surface area contributed by atoms with Gasteiger partial charge in [-0.15, -0.1) is 11.3 Å². The van der Waals surface area contributed by atoms with Crippen molar-refractivity contribution in [3.8, 4) is 17.0 Å². The second-order valence-corrected chi connectivity index (χ2v) is 10.9. The van der Waals surface area contributed by atoms with Gasteiger partial charge in [0, 0.05) is 38.3 Å². The average molecular weight is 532 g/mol. The Morgan fingerprint density at radius 1 is 1.11 bits per heavy atom. The van der Waals surface area contributed by atoms with Crippen LogP contribution >= 0.6 is 11.3 Å². The number of hydrogen-bond donors (Lipinski definition) is 1. The molecular weight excluding hydrogens is 504 g/mol. The van der Waals surface area contributed by atoms with Crippen LogP contribution in [-0.2, 0) is 32.4 Å². The number of amides is 1. The second kappa shape index (κ2) is 9.58. The number of nitrogens with zero attached hydrogens (tertiary/aromatic N) is 4. The molecule has 4 rings (SSSR count). The monoisotopic (exact) mass is 531 g/mol. The standard InChI is InChI=1S/C25H27F2N5O4S/c1-25(2,3)12-36-20-15(26)7-13(8-16(20)27)17-11-37-23(28-17)29-18(33)9-14-10-30(4)21-19(14)22(34)32(6)24(35)31(21)5/h7-8,10-11H,9,12H2,1-6H3,(H,28,29,33). The van der Waals surface area contributed by atoms with E-state index in [1.807, 2.05) is 20.8 Å². The maximum atomic E-state index is 14.6. The van der Waals surface area contributed by atoms with E-state index in [1.54, 1.807) is 30.2 Å². The van der Waals surface area contributed by atoms with E-state index >= 15 is 0 Å². The number of carbonyl (C=O) groups is 1. The van der Waals surface area contributed by atoms with Gasteiger partial charge in [0.05, 0.1) is 24.1 Å². The Balaban J connectivity index is 1.54. The highest BCUT2D eigenvalue weighted by molar-refractivity contribution is 7.14. The molecule has 0 fully saturated rings. The first kappa shape index (κ1) is 26.3. The van der Waals surface area contributed by atoms with Crippen molar-refractivity contribution in [3.05, 3.63) is 61.7 Å². The lowest BCUT2D eigenvalue weighted by Crippen LogP contribution is -2.37. The number of aryl methyl sites for hydroxylation is 2. The lowest BCUT2D eigenvalue weighted by molar-refractivity contribution is -0.115. The van der Waals surface area contributed by atoms with Crippen molar-refractivity contribution < 1.29 is 18.3 Å². The van der Waals surface area contributed by atoms with Gasteiger partial charge in [-0.1, -0.05) is 20.8 Å². The first-order chi connectivity index (χ1) is 17.3. The molecule has 0 unspecified atom stereocenters. The first-order valence-electron chi connectivity index (χ1n) is 11.4. The highest BCUT2D eigenvalue weighted by Gasteiger charge is 2.21. The highest BCUT2D eigenvalue weighted by atomic mass is 32.1. The van der Waals surface area contributed by atoms with Crippen LogP contribution in [0.3, 0.4) is 0 Å². The number of carbonyl (C=O) groups excluding carboxylic acids is 1. The molecule has 0 spiro atoms. The minimum absolute atomic E-state index is 0.136. The van der Waals surface area contributed by atoms with Crippen LogP contribution in [0, 0.1) is 17.0 Å². The minimum atomic E-state index is -0.843. The molecule has 1 amide bonds. The Labute approximate surface area is 214 Å². The molecule has 1 N–H and O–H groups in total. The van der Waals surface area contributed by atoms with E-state index in [2.05, 4.69) is 10.3 Å². The van der Waals surface area contributed by atoms with Gasteiger partial charge < -0.3 is 14.6 Å². The zero-order chi connectivity index (χ0) is 27.2. The van der Waals surface area contributed by atoms with E-state index in [1.165, 1.54) is 11.6 Å². The topological polar surface area (TPSA) is 100 Å². The van der Waals surface area contributed by atoms with Crippen LogP contribution in [0.4, 0.5) is 13.9 Å². The Morgan fingerprint density at radius 2 is 1.76 bits per heavy atom. The fourth-order valence-corrected chi connectivity index (χ4v) is 4.69. The number of thiazole rings is 1. The average Bonchev–Trinajstić information content (AvgIpc) is 3.38. The molecule has 0 atom stereocenters. The molecule has 0 saturated carbocycles. The molecular formula is C25H27F2N5O4S. The van der Waals surface area contributed by atoms with Gasteiger partial charge in [0.25, 0.3) is 5.56 Å². The molecule has 196 valence electrons. The zero-order valence-corrected chi connectivity index (χ0v) is 22.1. The lowest BCUT2D eigenvalue weighted by Gasteiger charge is -2.19. The van der Waals surface area contributed by atoms with Crippen LogP contribution in [-0.4, -0.2) is 31.2 Å². The van der Waals surface area contributed by atoms with E-state index < -0.39 is 34.5 Å². The Morgan fingerprint density at radius 3 is 2.38 bits per heavy atom. The number of benzene rings is 1. The van der Waals surface area contributed by atoms with E-state index in [9.17, 15) is 23.2 Å². The van der Waals surface area contributed by atoms with Crippen LogP contribution in [0.15, 0.2) is 33.3 Å². The zero-order valence-electron chi connectivity index (χ0n) is 21.3. The number of nitrogens with one attached hydrogen (secondary N) is 1. The van der Waals surface area contributed by atoms with Crippen molar-refractivity contribution in [2.24, 2.45) is 26.6 Å². The Bertz CT molecular complexity index is 1620. The molecule has 3 aromatic heterocycles. The molecule has 3 heterocycles. The summed E-state index contributed by atoms with van der Waals surface area (Å²) in [5.74, 6) is -2.57. The minimum Gasteiger partial charge on any atom is -0.487 e. The van der Waals surface area contributed by atoms with Gasteiger partial charge >= 0.3 is 5.69 Å². The summed E-state index contributed by atoms with van der Waals surface area (Å²) in [6.45, 7) is 5.83. The largest absolute Gasteiger partial charge is 0.487 e. The Hall–Kier alpha value is -3.80. The summed E-state index contributed by atoms with van der Waals surface area (Å²) < 4.78 is 38.4. The van der Waals surface area contributed by atoms with Gasteiger partial charge in [0.1, 0.15) is 5.65 Å². The van der Waals surface area contributed by atoms with Crippen LogP contribution in [0.25, 0.3) is 22.3 Å². The molecule has 0 bridgehead atoms. The van der Waals surface area contributed by atoms with Crippen LogP contribution in [0.1, 0.15) is 26.3 Å². The number of hydrogen-bond acceptors (Lipinski definition) is 6. The molecule has 9 nitrogen and oxygen atoms in total. The number of aromatic nitrogens is 4. The van der Waals surface area contributed by atoms with Crippen molar-refractivity contribution in [2.75, 3.05) is 11.9 Å². The van der Waals surface area contributed by atoms with Crippen molar-refractivity contribution >= 4 is 33.4 Å². The van der Waals surface area contributed by atoms with Crippen molar-refractivity contribution in [1.29, 1.82) is 0 Å². The molecule has 37 heavy (non-hydrogen) atoms. The van der Waals surface area contributed by atoms with E-state index in [0.717, 1.165) is 28.0 Å². The number of anilines is 1. The lowest BCUT2D eigenvalue weighted by atomic mass is 9.99. The summed E-state index contributed by atoms with van der Waals surface area (Å²) in [4.78, 5) is 42.0. The summed E-state index contributed by atoms with van der Waals surface area (Å²) in [6, 6.07) is 2.27. The molecule has 0 aliphatic rings. The van der Waals surface area contributed by atoms with Crippen LogP contribution in [0.2, 0.25) is 0 Å². The summed E-state index contributed by atoms with van der Waals surface area (Å²) in [6.07, 6.45) is 1.50. The first-order valence-corrected chi connectivity index (χ1v) is 12.3. The van der Waals surface area contributed by atoms with E-state index in [4.69, 9.17) is 4.74 Å². The third-order valence-electron chi connectivity index (χ3n) is 5.68. The van der Waals surface area contributed by atoms with E-state index in [-0.39, 0.29) is 40.2 Å². The molecule has 0 aliphatic heterocycles. The summed E-state index contributed by atoms with van der Waals surface area (Å²) in [7, 11) is 4.63. The third kappa shape index (κ3) is 5.19. The maximum Gasteiger partial charge on any atom is 0.332 e. The molecule has 0 saturated heterocycles. The van der Waals surface area contributed by atoms with Crippen molar-refractivity contribution in [1.82, 2.24) is 18.7 Å². The van der Waals surface area contributed by atoms with Crippen molar-refractivity contribution in [3.63, 3.8) is 0 Å². The summed E-state index contributed by atoms with van der Waals surface area (Å²) in [5, 5.41) is 4.74. The normalized spacial score (nSPS) is 11.8. The molecule has 4 aromatic rings. The fourth-order valence-electron chi connectivity index (χ4n) is 3.96. The van der Waals surface area contributed by atoms with Crippen LogP contribution in [0.5, 0.6) is 5.75 Å². The molecule has 12 heteroatoms. The SMILES string of the molecule is Cn1c(=O)c2c(CC(=O)Nc3nc(-c4cc(F)c(OCC(C)(C)C)c(F)c4)cs3)cn(C)c2n(C)c1=O. The number of rotatable bonds is 6. The van der Waals surface area contributed by atoms with Gasteiger partial charge in [0.2, 0.25) is 5.91 Å². The molecule has 0 radical (unpaired) electrons. The molecule has 1 aromatic carbocycles. The predicted molar refractivity (Wildman–Crippen MR) is 138 cm³/mol. The smallest absolute Gasteiger partial charge is 0.332 e. The van der Waals surface area contributed by atoms with Gasteiger partial charge in [-0.3, -0.25) is 18.7 Å². The summed E-state index contributed by atoms with van der Waals surface area (Å²) in [5.41, 5.74) is 0.130. The summed E-state index contributed by atoms with van der Waals surface area (Å²) >= 11 is 1.10. The van der Waals surface area contributed by atoms with Crippen LogP contribution < -0.4 is 21.3 Å². The van der Waals surface area contributed by atoms with E-state index in [0.29, 0.717) is 11.2 Å². The highest BCUT2D eigenvalue weighted by Crippen LogP contribution is 2.32. The second-order valence-electron chi connectivity index (χ2n) is 10.1. The maximum absolute atomic E-state index is 14.6. The van der Waals surface area contributed by atoms with Gasteiger partial charge in [-0.25, -0.2) is 18.6 Å². The Kier molecular flexibility index (Phi) is 6.80. The third-order valence-corrected chi connectivity index (χ3v) is 6.44. The number of ether oxygens (including phenoxy) is 1. The predicted octanol–water partition coefficient (Wildman–Crippen LogP) is 3.58. The van der Waals surface area contributed by atoms with Gasteiger partial charge in [-0.2, -0.15) is 0 Å².